The second-order valence-electron chi connectivity index (χ2n) is 8.28. The summed E-state index contributed by atoms with van der Waals surface area (Å²) in [5.74, 6) is -1.21. The number of rotatable bonds is 9. The number of aromatic amines is 1. The molecule has 0 radical (unpaired) electrons. The van der Waals surface area contributed by atoms with E-state index in [0.29, 0.717) is 17.7 Å². The lowest BCUT2D eigenvalue weighted by atomic mass is 10.0. The Balaban J connectivity index is 1.41. The topological polar surface area (TPSA) is 116 Å². The van der Waals surface area contributed by atoms with Gasteiger partial charge in [0.1, 0.15) is 11.5 Å². The summed E-state index contributed by atoms with van der Waals surface area (Å²) in [4.78, 5) is 31.8. The van der Waals surface area contributed by atoms with Gasteiger partial charge in [0.2, 0.25) is 0 Å². The van der Waals surface area contributed by atoms with Crippen molar-refractivity contribution in [2.24, 2.45) is 0 Å². The smallest absolute Gasteiger partial charge is 0.305 e. The van der Waals surface area contributed by atoms with Crippen molar-refractivity contribution in [3.8, 4) is 5.75 Å². The van der Waals surface area contributed by atoms with Crippen LogP contribution in [0.4, 0.5) is 10.2 Å². The summed E-state index contributed by atoms with van der Waals surface area (Å²) in [5.41, 5.74) is 3.79. The molecule has 8 nitrogen and oxygen atoms in total. The molecule has 3 aromatic rings. The van der Waals surface area contributed by atoms with E-state index >= 15 is 0 Å². The molecule has 1 unspecified atom stereocenters. The van der Waals surface area contributed by atoms with Crippen molar-refractivity contribution in [3.05, 3.63) is 76.5 Å². The molecule has 0 fully saturated rings. The average Bonchev–Trinajstić information content (AvgIpc) is 3.31. The predicted molar refractivity (Wildman–Crippen MR) is 125 cm³/mol. The number of carbonyl (C=O) groups is 2. The van der Waals surface area contributed by atoms with Crippen molar-refractivity contribution < 1.29 is 23.8 Å². The molecule has 1 amide bonds. The van der Waals surface area contributed by atoms with E-state index in [1.54, 1.807) is 12.3 Å². The van der Waals surface area contributed by atoms with Crippen molar-refractivity contribution >= 4 is 17.7 Å². The Morgan fingerprint density at radius 2 is 2.09 bits per heavy atom. The summed E-state index contributed by atoms with van der Waals surface area (Å²) in [6, 6.07) is 9.11. The molecule has 0 saturated heterocycles. The first-order valence-electron chi connectivity index (χ1n) is 11.2. The lowest BCUT2D eigenvalue weighted by molar-refractivity contribution is -0.137. The quantitative estimate of drug-likeness (QED) is 0.383. The number of hydrogen-bond acceptors (Lipinski definition) is 5. The predicted octanol–water partition coefficient (Wildman–Crippen LogP) is 3.65. The van der Waals surface area contributed by atoms with Gasteiger partial charge in [-0.05, 0) is 66.6 Å². The minimum absolute atomic E-state index is 0.0439. The van der Waals surface area contributed by atoms with Gasteiger partial charge in [-0.15, -0.1) is 0 Å². The second kappa shape index (κ2) is 10.4. The molecular weight excluding hydrogens is 439 g/mol. The third-order valence-electron chi connectivity index (χ3n) is 5.87. The summed E-state index contributed by atoms with van der Waals surface area (Å²) in [6.07, 6.45) is 4.94. The SMILES string of the molecule is COc1ccc(C(CC(=O)O)NC(=O)c2cc(CCc3ccc4c(n3)NCCC4)c[nH]2)cc1F. The molecule has 2 aromatic heterocycles. The van der Waals surface area contributed by atoms with Crippen LogP contribution in [-0.2, 0) is 24.1 Å². The Labute approximate surface area is 196 Å². The van der Waals surface area contributed by atoms with Crippen molar-refractivity contribution in [1.82, 2.24) is 15.3 Å². The number of halogens is 1. The number of anilines is 1. The molecule has 0 saturated carbocycles. The van der Waals surface area contributed by atoms with Crippen LogP contribution >= 0.6 is 0 Å². The first kappa shape index (κ1) is 23.3. The number of methoxy groups -OCH3 is 1. The van der Waals surface area contributed by atoms with E-state index in [1.165, 1.54) is 30.9 Å². The van der Waals surface area contributed by atoms with Crippen LogP contribution in [0.1, 0.15) is 51.8 Å². The molecule has 9 heteroatoms. The number of nitrogens with one attached hydrogen (secondary N) is 3. The number of carboxylic acid groups (broad SMARTS) is 1. The highest BCUT2D eigenvalue weighted by Crippen LogP contribution is 2.24. The molecular formula is C25H27FN4O4. The highest BCUT2D eigenvalue weighted by Gasteiger charge is 2.21. The van der Waals surface area contributed by atoms with Gasteiger partial charge < -0.3 is 25.5 Å². The van der Waals surface area contributed by atoms with Gasteiger partial charge in [-0.2, -0.15) is 0 Å². The number of hydrogen-bond donors (Lipinski definition) is 4. The van der Waals surface area contributed by atoms with Gasteiger partial charge in [0.15, 0.2) is 11.6 Å². The van der Waals surface area contributed by atoms with E-state index in [-0.39, 0.29) is 12.2 Å². The van der Waals surface area contributed by atoms with Gasteiger partial charge in [0.25, 0.3) is 5.91 Å². The summed E-state index contributed by atoms with van der Waals surface area (Å²) < 4.78 is 19.0. The number of aryl methyl sites for hydroxylation is 3. The molecule has 1 aromatic carbocycles. The van der Waals surface area contributed by atoms with Crippen LogP contribution in [0.15, 0.2) is 42.6 Å². The van der Waals surface area contributed by atoms with Gasteiger partial charge in [-0.3, -0.25) is 9.59 Å². The molecule has 4 rings (SSSR count). The molecule has 0 aliphatic carbocycles. The minimum atomic E-state index is -1.11. The molecule has 1 aliphatic rings. The molecule has 0 spiro atoms. The Kier molecular flexibility index (Phi) is 7.10. The van der Waals surface area contributed by atoms with Crippen molar-refractivity contribution in [2.75, 3.05) is 19.0 Å². The van der Waals surface area contributed by atoms with Crippen molar-refractivity contribution in [1.29, 1.82) is 0 Å². The van der Waals surface area contributed by atoms with Gasteiger partial charge in [0, 0.05) is 18.4 Å². The average molecular weight is 467 g/mol. The number of H-pyrrole nitrogens is 1. The third-order valence-corrected chi connectivity index (χ3v) is 5.87. The number of benzene rings is 1. The van der Waals surface area contributed by atoms with E-state index < -0.39 is 23.7 Å². The van der Waals surface area contributed by atoms with E-state index in [1.807, 2.05) is 6.07 Å². The highest BCUT2D eigenvalue weighted by molar-refractivity contribution is 5.93. The van der Waals surface area contributed by atoms with Crippen LogP contribution in [0.25, 0.3) is 0 Å². The summed E-state index contributed by atoms with van der Waals surface area (Å²) in [6.45, 7) is 0.936. The number of amides is 1. The number of carboxylic acids is 1. The number of aliphatic carboxylic acids is 1. The van der Waals surface area contributed by atoms with Gasteiger partial charge >= 0.3 is 5.97 Å². The molecule has 34 heavy (non-hydrogen) atoms. The van der Waals surface area contributed by atoms with E-state index in [2.05, 4.69) is 21.7 Å². The molecule has 4 N–H and O–H groups in total. The molecule has 3 heterocycles. The molecule has 0 bridgehead atoms. The number of carbonyl (C=O) groups excluding carboxylic acids is 1. The van der Waals surface area contributed by atoms with Gasteiger partial charge in [0.05, 0.1) is 19.6 Å². The normalized spacial score (nSPS) is 13.5. The summed E-state index contributed by atoms with van der Waals surface area (Å²) in [5, 5.41) is 15.3. The Morgan fingerprint density at radius 1 is 1.24 bits per heavy atom. The van der Waals surface area contributed by atoms with E-state index in [9.17, 15) is 19.1 Å². The van der Waals surface area contributed by atoms with Gasteiger partial charge in [-0.1, -0.05) is 12.1 Å². The zero-order valence-corrected chi connectivity index (χ0v) is 18.9. The minimum Gasteiger partial charge on any atom is -0.494 e. The van der Waals surface area contributed by atoms with Crippen LogP contribution in [0.2, 0.25) is 0 Å². The number of pyridine rings is 1. The maximum absolute atomic E-state index is 14.1. The van der Waals surface area contributed by atoms with Gasteiger partial charge in [-0.25, -0.2) is 9.37 Å². The Bertz CT molecular complexity index is 1190. The molecule has 178 valence electrons. The number of aromatic nitrogens is 2. The fourth-order valence-electron chi connectivity index (χ4n) is 4.06. The van der Waals surface area contributed by atoms with Crippen molar-refractivity contribution in [3.63, 3.8) is 0 Å². The number of fused-ring (bicyclic) bond motifs is 1. The summed E-state index contributed by atoms with van der Waals surface area (Å²) >= 11 is 0. The Morgan fingerprint density at radius 3 is 2.85 bits per heavy atom. The maximum atomic E-state index is 14.1. The lowest BCUT2D eigenvalue weighted by Crippen LogP contribution is -2.30. The summed E-state index contributed by atoms with van der Waals surface area (Å²) in [7, 11) is 1.34. The standard InChI is InChI=1S/C25H27FN4O4/c1-34-22-9-6-17(12-19(22)26)20(13-23(31)32)30-25(33)21-11-15(14-28-21)4-7-18-8-5-16-3-2-10-27-24(16)29-18/h5-6,8-9,11-12,14,20,28H,2-4,7,10,13H2,1H3,(H,27,29)(H,30,33)(H,31,32). The molecule has 1 aliphatic heterocycles. The zero-order valence-electron chi connectivity index (χ0n) is 18.9. The van der Waals surface area contributed by atoms with Crippen LogP contribution < -0.4 is 15.4 Å². The number of ether oxygens (including phenoxy) is 1. The Hall–Kier alpha value is -3.88. The monoisotopic (exact) mass is 466 g/mol. The fourth-order valence-corrected chi connectivity index (χ4v) is 4.06. The maximum Gasteiger partial charge on any atom is 0.305 e. The van der Waals surface area contributed by atoms with Crippen LogP contribution in [0.3, 0.4) is 0 Å². The fraction of sp³-hybridized carbons (Fsp3) is 0.320. The largest absolute Gasteiger partial charge is 0.494 e. The highest BCUT2D eigenvalue weighted by atomic mass is 19.1. The molecule has 1 atom stereocenters. The van der Waals surface area contributed by atoms with Crippen LogP contribution in [0, 0.1) is 5.82 Å². The first-order chi connectivity index (χ1) is 16.4. The van der Waals surface area contributed by atoms with Crippen LogP contribution in [0.5, 0.6) is 5.75 Å². The lowest BCUT2D eigenvalue weighted by Gasteiger charge is -2.18. The van der Waals surface area contributed by atoms with E-state index in [0.717, 1.165) is 42.9 Å². The first-order valence-corrected chi connectivity index (χ1v) is 11.2. The zero-order chi connectivity index (χ0) is 24.1. The van der Waals surface area contributed by atoms with Crippen LogP contribution in [-0.4, -0.2) is 40.6 Å². The van der Waals surface area contributed by atoms with E-state index in [4.69, 9.17) is 9.72 Å². The number of nitrogens with zero attached hydrogens (tertiary/aromatic N) is 1. The third kappa shape index (κ3) is 5.54. The second-order valence-corrected chi connectivity index (χ2v) is 8.28. The van der Waals surface area contributed by atoms with Crippen molar-refractivity contribution in [2.45, 2.75) is 38.1 Å².